The molecule has 0 fully saturated rings. The van der Waals surface area contributed by atoms with E-state index in [1.165, 1.54) is 0 Å². The minimum atomic E-state index is -1.38. The van der Waals surface area contributed by atoms with E-state index >= 15 is 0 Å². The van der Waals surface area contributed by atoms with Crippen LogP contribution < -0.4 is 4.47 Å². The maximum Gasteiger partial charge on any atom is 0.256 e. The summed E-state index contributed by atoms with van der Waals surface area (Å²) in [5, 5.41) is 14.8. The van der Waals surface area contributed by atoms with E-state index in [4.69, 9.17) is 9.26 Å². The van der Waals surface area contributed by atoms with Gasteiger partial charge in [0.2, 0.25) is 5.82 Å². The van der Waals surface area contributed by atoms with Crippen LogP contribution in [0.3, 0.4) is 0 Å². The molecule has 1 aliphatic rings. The van der Waals surface area contributed by atoms with Crippen molar-refractivity contribution < 1.29 is 28.0 Å². The first kappa shape index (κ1) is 32.6. The molecule has 2 aromatic carbocycles. The number of aromatic nitrogens is 1. The molecule has 8 nitrogen and oxygen atoms in total. The van der Waals surface area contributed by atoms with Gasteiger partial charge in [0, 0.05) is 48.3 Å². The van der Waals surface area contributed by atoms with Gasteiger partial charge in [-0.1, -0.05) is 54.9 Å². The maximum atomic E-state index is 13.6. The van der Waals surface area contributed by atoms with E-state index in [1.54, 1.807) is 11.8 Å². The Bertz CT molecular complexity index is 1420. The predicted octanol–water partition coefficient (Wildman–Crippen LogP) is 7.79. The molecule has 11 heteroatoms. The Morgan fingerprint density at radius 2 is 1.84 bits per heavy atom. The van der Waals surface area contributed by atoms with Crippen LogP contribution in [0.4, 0.5) is 14.6 Å². The van der Waals surface area contributed by atoms with Gasteiger partial charge in [-0.15, -0.1) is 0 Å². The second-order valence-electron chi connectivity index (χ2n) is 10.6. The number of carbonyl (C=O) groups excluding carboxylic acids is 1. The van der Waals surface area contributed by atoms with E-state index in [2.05, 4.69) is 17.1 Å². The quantitative estimate of drug-likeness (QED) is 0.130. The molecule has 0 bridgehead atoms. The van der Waals surface area contributed by atoms with Crippen LogP contribution in [0.5, 0.6) is 0 Å². The first-order valence-electron chi connectivity index (χ1n) is 14.7. The highest BCUT2D eigenvalue weighted by atomic mass is 32.2. The van der Waals surface area contributed by atoms with Crippen molar-refractivity contribution in [2.24, 2.45) is 4.99 Å². The van der Waals surface area contributed by atoms with Crippen LogP contribution in [0.1, 0.15) is 68.4 Å². The lowest BCUT2D eigenvalue weighted by molar-refractivity contribution is -0.132. The number of amidine groups is 1. The number of anilines is 1. The minimum Gasteiger partial charge on any atom is -0.377 e. The molecule has 1 amide bonds. The smallest absolute Gasteiger partial charge is 0.256 e. The zero-order chi connectivity index (χ0) is 31.0. The van der Waals surface area contributed by atoms with Gasteiger partial charge >= 0.3 is 0 Å². The Balaban J connectivity index is 1.67. The lowest BCUT2D eigenvalue weighted by Gasteiger charge is -2.25. The summed E-state index contributed by atoms with van der Waals surface area (Å²) in [6.45, 7) is 7.21. The number of aryl methyl sites for hydroxylation is 1. The first-order valence-corrected chi connectivity index (χ1v) is 15.5. The number of halogens is 2. The van der Waals surface area contributed by atoms with Crippen molar-refractivity contribution in [2.45, 2.75) is 83.4 Å². The number of rotatable bonds is 16. The molecule has 1 N–H and O–H groups in total. The fraction of sp³-hybridized carbons (Fsp3) is 0.469. The van der Waals surface area contributed by atoms with Gasteiger partial charge in [0.05, 0.1) is 26.5 Å². The lowest BCUT2D eigenvalue weighted by atomic mass is 9.92. The number of amides is 1. The summed E-state index contributed by atoms with van der Waals surface area (Å²) in [4.78, 5) is 20.7. The summed E-state index contributed by atoms with van der Waals surface area (Å²) >= 11 is 1.12. The van der Waals surface area contributed by atoms with Crippen LogP contribution in [0.2, 0.25) is 0 Å². The predicted molar refractivity (Wildman–Crippen MR) is 165 cm³/mol. The monoisotopic (exact) mass is 614 g/mol. The molecule has 0 saturated carbocycles. The maximum absolute atomic E-state index is 13.6. The third-order valence-corrected chi connectivity index (χ3v) is 8.61. The van der Waals surface area contributed by atoms with Gasteiger partial charge in [-0.25, -0.2) is 0 Å². The van der Waals surface area contributed by atoms with E-state index in [1.807, 2.05) is 56.3 Å². The van der Waals surface area contributed by atoms with Gasteiger partial charge in [0.25, 0.3) is 5.91 Å². The zero-order valence-corrected chi connectivity index (χ0v) is 26.1. The molecule has 0 aliphatic carbocycles. The fourth-order valence-electron chi connectivity index (χ4n) is 5.19. The van der Waals surface area contributed by atoms with E-state index < -0.39 is 18.9 Å². The van der Waals surface area contributed by atoms with Crippen LogP contribution in [0.15, 0.2) is 56.9 Å². The van der Waals surface area contributed by atoms with Gasteiger partial charge in [-0.2, -0.15) is 4.47 Å². The van der Waals surface area contributed by atoms with Crippen molar-refractivity contribution in [1.29, 1.82) is 0 Å². The van der Waals surface area contributed by atoms with E-state index in [0.717, 1.165) is 62.0 Å². The number of aliphatic imine (C=N–C) groups is 1. The molecule has 1 aromatic heterocycles. The molecule has 0 spiro atoms. The zero-order valence-electron chi connectivity index (χ0n) is 25.2. The number of alkyl halides is 2. The number of unbranched alkanes of at least 4 members (excludes halogenated alkanes) is 1. The summed E-state index contributed by atoms with van der Waals surface area (Å²) in [5.41, 5.74) is 2.93. The van der Waals surface area contributed by atoms with Crippen molar-refractivity contribution >= 4 is 29.5 Å². The largest absolute Gasteiger partial charge is 0.377 e. The molecule has 2 heterocycles. The van der Waals surface area contributed by atoms with E-state index in [9.17, 15) is 18.8 Å². The van der Waals surface area contributed by atoms with Gasteiger partial charge in [-0.05, 0) is 55.5 Å². The summed E-state index contributed by atoms with van der Waals surface area (Å²) in [5.74, 6) is 1.21. The molecule has 0 radical (unpaired) electrons. The fourth-order valence-corrected chi connectivity index (χ4v) is 6.05. The van der Waals surface area contributed by atoms with Crippen LogP contribution >= 0.6 is 11.9 Å². The molecule has 0 unspecified atom stereocenters. The number of nitrogens with zero attached hydrogens (tertiary/aromatic N) is 4. The van der Waals surface area contributed by atoms with Gasteiger partial charge in [-0.3, -0.25) is 28.7 Å². The molecule has 3 aromatic rings. The Morgan fingerprint density at radius 3 is 2.49 bits per heavy atom. The van der Waals surface area contributed by atoms with Crippen LogP contribution in [-0.2, 0) is 22.7 Å². The van der Waals surface area contributed by atoms with Gasteiger partial charge in [0.1, 0.15) is 17.1 Å². The summed E-state index contributed by atoms with van der Waals surface area (Å²) in [7, 11) is 0. The van der Waals surface area contributed by atoms with Crippen molar-refractivity contribution in [3.05, 3.63) is 64.9 Å². The number of hydrogen-bond donors (Lipinski definition) is 1. The second-order valence-corrected chi connectivity index (χ2v) is 11.6. The average Bonchev–Trinajstić information content (AvgIpc) is 3.46. The van der Waals surface area contributed by atoms with Crippen LogP contribution in [0, 0.1) is 13.8 Å². The third kappa shape index (κ3) is 7.27. The highest BCUT2D eigenvalue weighted by molar-refractivity contribution is 8.00. The minimum absolute atomic E-state index is 0.125. The topological polar surface area (TPSA) is 91.4 Å². The summed E-state index contributed by atoms with van der Waals surface area (Å²) in [6, 6.07) is 13.7. The Kier molecular flexibility index (Phi) is 11.3. The Hall–Kier alpha value is -3.28. The number of benzene rings is 2. The standard InChI is InChI=1S/C32H40F2N4O4S/c1-5-7-12-29-35-32(15-17-33,16-18-34)31(39)37(29)20-24-13-14-26(25(19-24)21-41-6-2)27-10-8-9-11-28(27)43-38(40)30-22(3)23(4)42-36-30/h8-11,13-14,19,40H,5-7,12,15-18,20-21H2,1-4H3. The van der Waals surface area contributed by atoms with Crippen molar-refractivity contribution in [1.82, 2.24) is 10.1 Å². The number of ether oxygens (including phenoxy) is 1. The van der Waals surface area contributed by atoms with E-state index in [-0.39, 0.29) is 25.3 Å². The molecule has 0 saturated heterocycles. The normalized spacial score (nSPS) is 14.4. The second kappa shape index (κ2) is 14.9. The molecule has 232 valence electrons. The van der Waals surface area contributed by atoms with Gasteiger partial charge in [0.15, 0.2) is 0 Å². The Labute approximate surface area is 256 Å². The molecule has 1 aliphatic heterocycles. The third-order valence-electron chi connectivity index (χ3n) is 7.72. The summed E-state index contributed by atoms with van der Waals surface area (Å²) in [6.07, 6.45) is 2.05. The van der Waals surface area contributed by atoms with Crippen molar-refractivity contribution in [3.63, 3.8) is 0 Å². The van der Waals surface area contributed by atoms with E-state index in [0.29, 0.717) is 37.0 Å². The van der Waals surface area contributed by atoms with Crippen LogP contribution in [-0.4, -0.2) is 52.5 Å². The van der Waals surface area contributed by atoms with Crippen LogP contribution in [0.25, 0.3) is 11.1 Å². The highest BCUT2D eigenvalue weighted by Crippen LogP contribution is 2.38. The molecule has 0 atom stereocenters. The highest BCUT2D eigenvalue weighted by Gasteiger charge is 2.47. The molecule has 43 heavy (non-hydrogen) atoms. The Morgan fingerprint density at radius 1 is 1.09 bits per heavy atom. The number of hydrogen-bond acceptors (Lipinski definition) is 8. The van der Waals surface area contributed by atoms with Crippen molar-refractivity contribution in [3.8, 4) is 11.1 Å². The first-order chi connectivity index (χ1) is 20.8. The van der Waals surface area contributed by atoms with Crippen molar-refractivity contribution in [2.75, 3.05) is 24.4 Å². The number of carbonyl (C=O) groups is 1. The SMILES string of the molecule is CCCCC1=NC(CCF)(CCF)C(=O)N1Cc1ccc(-c2ccccc2SN(O)c2noc(C)c2C)c(COCC)c1. The summed E-state index contributed by atoms with van der Waals surface area (Å²) < 4.78 is 39.1. The average molecular weight is 615 g/mol. The molecule has 4 rings (SSSR count). The van der Waals surface area contributed by atoms with Gasteiger partial charge < -0.3 is 9.26 Å². The molecular weight excluding hydrogens is 574 g/mol. The lowest BCUT2D eigenvalue weighted by Crippen LogP contribution is -2.43. The molecular formula is C32H40F2N4O4S.